The molecule has 2 heterocycles. The van der Waals surface area contributed by atoms with E-state index < -0.39 is 0 Å². The van der Waals surface area contributed by atoms with E-state index in [2.05, 4.69) is 29.6 Å². The van der Waals surface area contributed by atoms with Crippen LogP contribution >= 0.6 is 0 Å². The first-order valence-corrected chi connectivity index (χ1v) is 10.9. The molecule has 6 heteroatoms. The van der Waals surface area contributed by atoms with Crippen LogP contribution in [0.1, 0.15) is 54.2 Å². The van der Waals surface area contributed by atoms with Gasteiger partial charge in [0, 0.05) is 23.4 Å². The molecule has 3 aromatic rings. The highest BCUT2D eigenvalue weighted by molar-refractivity contribution is 6.08. The maximum Gasteiger partial charge on any atom is 0.261 e. The van der Waals surface area contributed by atoms with Crippen LogP contribution in [0.2, 0.25) is 0 Å². The van der Waals surface area contributed by atoms with Gasteiger partial charge in [-0.2, -0.15) is 5.10 Å². The molecule has 0 fully saturated rings. The highest BCUT2D eigenvalue weighted by Crippen LogP contribution is 2.46. The van der Waals surface area contributed by atoms with Gasteiger partial charge in [-0.25, -0.2) is 4.68 Å². The number of nitrogens with zero attached hydrogens (tertiary/aromatic N) is 2. The van der Waals surface area contributed by atoms with Crippen molar-refractivity contribution in [3.8, 4) is 0 Å². The minimum atomic E-state index is -0.355. The van der Waals surface area contributed by atoms with Crippen molar-refractivity contribution in [2.24, 2.45) is 5.41 Å². The van der Waals surface area contributed by atoms with Crippen LogP contribution in [0.5, 0.6) is 0 Å². The summed E-state index contributed by atoms with van der Waals surface area (Å²) in [7, 11) is 0. The van der Waals surface area contributed by atoms with Gasteiger partial charge in [-0.3, -0.25) is 9.59 Å². The maximum absolute atomic E-state index is 13.2. The van der Waals surface area contributed by atoms with Crippen molar-refractivity contribution in [3.05, 3.63) is 88.8 Å². The van der Waals surface area contributed by atoms with Crippen LogP contribution in [-0.4, -0.2) is 21.5 Å². The zero-order valence-electron chi connectivity index (χ0n) is 18.5. The van der Waals surface area contributed by atoms with E-state index >= 15 is 0 Å². The molecule has 162 valence electrons. The van der Waals surface area contributed by atoms with Gasteiger partial charge in [-0.15, -0.1) is 0 Å². The fraction of sp³-hybridized carbons (Fsp3) is 0.269. The lowest BCUT2D eigenvalue weighted by Gasteiger charge is -2.39. The summed E-state index contributed by atoms with van der Waals surface area (Å²) in [5.41, 5.74) is 4.73. The number of aryl methyl sites for hydroxylation is 1. The first kappa shape index (κ1) is 20.2. The van der Waals surface area contributed by atoms with Crippen molar-refractivity contribution in [1.82, 2.24) is 9.78 Å². The Morgan fingerprint density at radius 2 is 1.91 bits per heavy atom. The second-order valence-corrected chi connectivity index (χ2v) is 9.45. The van der Waals surface area contributed by atoms with Crippen molar-refractivity contribution in [3.63, 3.8) is 0 Å². The number of aromatic nitrogens is 2. The number of hydrogen-bond donors (Lipinski definition) is 2. The molecule has 2 aromatic carbocycles. The Hall–Kier alpha value is -3.67. The molecule has 0 saturated heterocycles. The summed E-state index contributed by atoms with van der Waals surface area (Å²) in [5.74, 6) is 0.513. The molecule has 1 unspecified atom stereocenters. The largest absolute Gasteiger partial charge is 0.343 e. The minimum Gasteiger partial charge on any atom is -0.343 e. The highest BCUT2D eigenvalue weighted by Gasteiger charge is 2.42. The van der Waals surface area contributed by atoms with E-state index in [4.69, 9.17) is 0 Å². The van der Waals surface area contributed by atoms with Gasteiger partial charge in [0.2, 0.25) is 0 Å². The third-order valence-electron chi connectivity index (χ3n) is 6.14. The molecule has 1 aliphatic carbocycles. The number of anilines is 2. The standard InChI is InChI=1S/C26H26N4O2/c1-16-8-7-11-18(12-16)28-25(32)19-15-27-30-23(17-9-5-4-6-10-17)22-20(29-24(19)30)13-26(2,3)14-21(22)31/h4-12,15,23,29H,13-14H2,1-3H3,(H,28,32). The summed E-state index contributed by atoms with van der Waals surface area (Å²) in [5, 5.41) is 10.9. The van der Waals surface area contributed by atoms with Gasteiger partial charge < -0.3 is 10.6 Å². The summed E-state index contributed by atoms with van der Waals surface area (Å²) in [4.78, 5) is 26.4. The Balaban J connectivity index is 1.59. The third kappa shape index (κ3) is 3.51. The van der Waals surface area contributed by atoms with Crippen LogP contribution in [0.25, 0.3) is 0 Å². The lowest BCUT2D eigenvalue weighted by Crippen LogP contribution is -2.36. The first-order valence-electron chi connectivity index (χ1n) is 10.9. The molecule has 1 amide bonds. The molecule has 0 radical (unpaired) electrons. The average Bonchev–Trinajstić information content (AvgIpc) is 3.15. The highest BCUT2D eigenvalue weighted by atomic mass is 16.1. The van der Waals surface area contributed by atoms with Crippen molar-refractivity contribution in [2.75, 3.05) is 10.6 Å². The number of fused-ring (bicyclic) bond motifs is 1. The molecule has 6 nitrogen and oxygen atoms in total. The monoisotopic (exact) mass is 426 g/mol. The molecule has 0 bridgehead atoms. The molecule has 2 N–H and O–H groups in total. The van der Waals surface area contributed by atoms with Gasteiger partial charge in [0.1, 0.15) is 17.4 Å². The van der Waals surface area contributed by atoms with Crippen LogP contribution in [0, 0.1) is 12.3 Å². The van der Waals surface area contributed by atoms with E-state index in [1.165, 1.54) is 0 Å². The molecular formula is C26H26N4O2. The summed E-state index contributed by atoms with van der Waals surface area (Å²) < 4.78 is 1.77. The maximum atomic E-state index is 13.2. The van der Waals surface area contributed by atoms with Gasteiger partial charge in [-0.05, 0) is 42.0 Å². The van der Waals surface area contributed by atoms with Crippen molar-refractivity contribution in [2.45, 2.75) is 39.7 Å². The topological polar surface area (TPSA) is 76.0 Å². The molecule has 0 saturated carbocycles. The number of nitrogens with one attached hydrogen (secondary N) is 2. The predicted octanol–water partition coefficient (Wildman–Crippen LogP) is 5.10. The Kier molecular flexibility index (Phi) is 4.73. The zero-order chi connectivity index (χ0) is 22.5. The number of hydrogen-bond acceptors (Lipinski definition) is 4. The number of ketones is 1. The van der Waals surface area contributed by atoms with Crippen molar-refractivity contribution >= 4 is 23.2 Å². The van der Waals surface area contributed by atoms with E-state index in [-0.39, 0.29) is 23.1 Å². The Morgan fingerprint density at radius 3 is 2.66 bits per heavy atom. The second-order valence-electron chi connectivity index (χ2n) is 9.45. The molecule has 0 spiro atoms. The number of rotatable bonds is 3. The Morgan fingerprint density at radius 1 is 1.12 bits per heavy atom. The first-order chi connectivity index (χ1) is 15.3. The van der Waals surface area contributed by atoms with Gasteiger partial charge >= 0.3 is 0 Å². The smallest absolute Gasteiger partial charge is 0.261 e. The fourth-order valence-electron chi connectivity index (χ4n) is 4.74. The molecule has 1 aliphatic heterocycles. The average molecular weight is 427 g/mol. The SMILES string of the molecule is Cc1cccc(NC(=O)c2cnn3c2NC2=C(C(=O)CC(C)(C)C2)C3c2ccccc2)c1. The number of benzene rings is 2. The Labute approximate surface area is 187 Å². The van der Waals surface area contributed by atoms with Gasteiger partial charge in [0.25, 0.3) is 5.91 Å². The molecule has 1 aromatic heterocycles. The fourth-order valence-corrected chi connectivity index (χ4v) is 4.74. The molecule has 5 rings (SSSR count). The summed E-state index contributed by atoms with van der Waals surface area (Å²) >= 11 is 0. The number of Topliss-reactive ketones (excluding diaryl/α,β-unsaturated/α-hetero) is 1. The summed E-state index contributed by atoms with van der Waals surface area (Å²) in [6, 6.07) is 17.2. The van der Waals surface area contributed by atoms with Crippen molar-refractivity contribution < 1.29 is 9.59 Å². The Bertz CT molecular complexity index is 1250. The third-order valence-corrected chi connectivity index (χ3v) is 6.14. The molecule has 32 heavy (non-hydrogen) atoms. The summed E-state index contributed by atoms with van der Waals surface area (Å²) in [6.45, 7) is 6.19. The van der Waals surface area contributed by atoms with Gasteiger partial charge in [-0.1, -0.05) is 56.3 Å². The molecular weight excluding hydrogens is 400 g/mol. The van der Waals surface area contributed by atoms with E-state index in [0.29, 0.717) is 17.8 Å². The number of carbonyl (C=O) groups is 2. The quantitative estimate of drug-likeness (QED) is 0.611. The number of allylic oxidation sites excluding steroid dienone is 2. The summed E-state index contributed by atoms with van der Waals surface area (Å²) in [6.07, 6.45) is 2.81. The number of amides is 1. The van der Waals surface area contributed by atoms with E-state index in [9.17, 15) is 9.59 Å². The van der Waals surface area contributed by atoms with Crippen LogP contribution < -0.4 is 10.6 Å². The van der Waals surface area contributed by atoms with Crippen LogP contribution in [0.4, 0.5) is 11.5 Å². The zero-order valence-corrected chi connectivity index (χ0v) is 18.5. The van der Waals surface area contributed by atoms with Gasteiger partial charge in [0.05, 0.1) is 6.20 Å². The van der Waals surface area contributed by atoms with Crippen LogP contribution in [-0.2, 0) is 4.79 Å². The van der Waals surface area contributed by atoms with E-state index in [1.807, 2.05) is 61.5 Å². The molecule has 1 atom stereocenters. The lowest BCUT2D eigenvalue weighted by atomic mass is 9.73. The van der Waals surface area contributed by atoms with Gasteiger partial charge in [0.15, 0.2) is 5.78 Å². The minimum absolute atomic E-state index is 0.129. The van der Waals surface area contributed by atoms with Crippen molar-refractivity contribution in [1.29, 1.82) is 0 Å². The van der Waals surface area contributed by atoms with E-state index in [1.54, 1.807) is 10.9 Å². The normalized spacial score (nSPS) is 19.1. The predicted molar refractivity (Wildman–Crippen MR) is 125 cm³/mol. The van der Waals surface area contributed by atoms with Crippen LogP contribution in [0.15, 0.2) is 72.1 Å². The van der Waals surface area contributed by atoms with E-state index in [0.717, 1.165) is 34.5 Å². The lowest BCUT2D eigenvalue weighted by molar-refractivity contribution is -0.118. The number of carbonyl (C=O) groups excluding carboxylic acids is 2. The second kappa shape index (κ2) is 7.48. The van der Waals surface area contributed by atoms with Crippen LogP contribution in [0.3, 0.4) is 0 Å². The molecule has 2 aliphatic rings.